The summed E-state index contributed by atoms with van der Waals surface area (Å²) in [7, 11) is 0. The second-order valence-electron chi connectivity index (χ2n) is 1.91. The van der Waals surface area contributed by atoms with Gasteiger partial charge in [-0.3, -0.25) is 0 Å². The molecule has 3 radical (unpaired) electrons. The van der Waals surface area contributed by atoms with E-state index in [0.717, 1.165) is 5.75 Å². The van der Waals surface area contributed by atoms with E-state index in [0.29, 0.717) is 6.61 Å². The van der Waals surface area contributed by atoms with Gasteiger partial charge in [-0.15, -0.1) is 0 Å². The molecule has 1 aromatic rings. The third kappa shape index (κ3) is 3.51. The summed E-state index contributed by atoms with van der Waals surface area (Å²) >= 11 is 0. The summed E-state index contributed by atoms with van der Waals surface area (Å²) in [5.41, 5.74) is 0. The average Bonchev–Trinajstić information content (AvgIpc) is 2.03. The number of hydrogen-bond acceptors (Lipinski definition) is 1. The molecule has 11 heavy (non-hydrogen) atoms. The van der Waals surface area contributed by atoms with Crippen LogP contribution in [0.5, 0.6) is 5.75 Å². The van der Waals surface area contributed by atoms with E-state index < -0.39 is 0 Å². The van der Waals surface area contributed by atoms with Gasteiger partial charge in [0.05, 0.1) is 0 Å². The molecule has 0 bridgehead atoms. The molecule has 0 aliphatic heterocycles. The van der Waals surface area contributed by atoms with Crippen LogP contribution in [0.25, 0.3) is 0 Å². The molecule has 0 saturated carbocycles. The lowest BCUT2D eigenvalue weighted by molar-refractivity contribution is 0.363. The van der Waals surface area contributed by atoms with Crippen LogP contribution < -0.4 is 4.74 Å². The molecular formula is C9H10BO. The minimum absolute atomic E-state index is 0. The maximum absolute atomic E-state index is 5.24. The Morgan fingerprint density at radius 2 is 1.91 bits per heavy atom. The molecule has 0 saturated heterocycles. The molecule has 55 valence electrons. The lowest BCUT2D eigenvalue weighted by Gasteiger charge is -1.99. The number of rotatable bonds is 3. The summed E-state index contributed by atoms with van der Waals surface area (Å²) in [6, 6.07) is 9.69. The number of ether oxygens (including phenoxy) is 1. The van der Waals surface area contributed by atoms with Crippen LogP contribution in [0, 0.1) is 0 Å². The van der Waals surface area contributed by atoms with Crippen LogP contribution in [0.2, 0.25) is 0 Å². The smallest absolute Gasteiger partial charge is 0.119 e. The number of benzene rings is 1. The van der Waals surface area contributed by atoms with Crippen molar-refractivity contribution in [3.8, 4) is 5.75 Å². The van der Waals surface area contributed by atoms with Crippen LogP contribution in [0.15, 0.2) is 43.0 Å². The van der Waals surface area contributed by atoms with Crippen LogP contribution in [-0.2, 0) is 0 Å². The monoisotopic (exact) mass is 145 g/mol. The predicted molar refractivity (Wildman–Crippen MR) is 47.9 cm³/mol. The fourth-order valence-electron chi connectivity index (χ4n) is 0.672. The minimum atomic E-state index is 0. The van der Waals surface area contributed by atoms with E-state index in [1.165, 1.54) is 0 Å². The van der Waals surface area contributed by atoms with Crippen LogP contribution in [-0.4, -0.2) is 15.0 Å². The molecule has 1 aromatic carbocycles. The van der Waals surface area contributed by atoms with Crippen molar-refractivity contribution in [2.24, 2.45) is 0 Å². The van der Waals surface area contributed by atoms with E-state index >= 15 is 0 Å². The van der Waals surface area contributed by atoms with Crippen molar-refractivity contribution in [3.63, 3.8) is 0 Å². The molecule has 0 amide bonds. The zero-order chi connectivity index (χ0) is 7.23. The molecule has 0 heterocycles. The normalized spacial score (nSPS) is 8.00. The van der Waals surface area contributed by atoms with Gasteiger partial charge in [0.1, 0.15) is 12.4 Å². The highest BCUT2D eigenvalue weighted by Gasteiger charge is 1.84. The number of para-hydroxylation sites is 1. The average molecular weight is 145 g/mol. The number of hydrogen-bond donors (Lipinski definition) is 0. The SMILES string of the molecule is C=CCOc1ccccc1.[B]. The Kier molecular flexibility index (Phi) is 5.00. The van der Waals surface area contributed by atoms with Gasteiger partial charge in [-0.25, -0.2) is 0 Å². The first-order chi connectivity index (χ1) is 4.93. The quantitative estimate of drug-likeness (QED) is 0.466. The molecule has 0 aliphatic rings. The fraction of sp³-hybridized carbons (Fsp3) is 0.111. The zero-order valence-corrected chi connectivity index (χ0v) is 6.36. The molecule has 0 atom stereocenters. The molecule has 2 heteroatoms. The maximum atomic E-state index is 5.24. The molecule has 0 N–H and O–H groups in total. The molecule has 0 fully saturated rings. The van der Waals surface area contributed by atoms with E-state index in [1.807, 2.05) is 30.3 Å². The van der Waals surface area contributed by atoms with Crippen molar-refractivity contribution in [2.45, 2.75) is 0 Å². The van der Waals surface area contributed by atoms with Gasteiger partial charge in [-0.05, 0) is 12.1 Å². The molecule has 1 nitrogen and oxygen atoms in total. The van der Waals surface area contributed by atoms with E-state index in [1.54, 1.807) is 6.08 Å². The Bertz CT molecular complexity index is 196. The van der Waals surface area contributed by atoms with E-state index in [9.17, 15) is 0 Å². The second kappa shape index (κ2) is 5.60. The summed E-state index contributed by atoms with van der Waals surface area (Å²) in [6.45, 7) is 4.12. The second-order valence-corrected chi connectivity index (χ2v) is 1.91. The van der Waals surface area contributed by atoms with Gasteiger partial charge in [-0.1, -0.05) is 30.9 Å². The molecule has 0 aliphatic carbocycles. The van der Waals surface area contributed by atoms with Crippen LogP contribution in [0.4, 0.5) is 0 Å². The highest BCUT2D eigenvalue weighted by Crippen LogP contribution is 2.07. The Labute approximate surface area is 69.3 Å². The third-order valence-electron chi connectivity index (χ3n) is 1.11. The van der Waals surface area contributed by atoms with Crippen LogP contribution in [0.3, 0.4) is 0 Å². The Morgan fingerprint density at radius 3 is 2.45 bits per heavy atom. The van der Waals surface area contributed by atoms with Crippen molar-refractivity contribution in [3.05, 3.63) is 43.0 Å². The first-order valence-corrected chi connectivity index (χ1v) is 3.22. The van der Waals surface area contributed by atoms with Gasteiger partial charge < -0.3 is 4.74 Å². The molecular weight excluding hydrogens is 135 g/mol. The van der Waals surface area contributed by atoms with Gasteiger partial charge in [0, 0.05) is 8.41 Å². The summed E-state index contributed by atoms with van der Waals surface area (Å²) in [6.07, 6.45) is 1.73. The lowest BCUT2D eigenvalue weighted by atomic mass is 10.3. The van der Waals surface area contributed by atoms with Crippen LogP contribution >= 0.6 is 0 Å². The molecule has 1 rings (SSSR count). The molecule has 0 aromatic heterocycles. The highest BCUT2D eigenvalue weighted by atomic mass is 16.5. The Hall–Kier alpha value is -1.18. The Morgan fingerprint density at radius 1 is 1.27 bits per heavy atom. The van der Waals surface area contributed by atoms with Gasteiger partial charge in [0.25, 0.3) is 0 Å². The highest BCUT2D eigenvalue weighted by molar-refractivity contribution is 5.75. The van der Waals surface area contributed by atoms with Crippen LogP contribution in [0.1, 0.15) is 0 Å². The van der Waals surface area contributed by atoms with Crippen molar-refractivity contribution in [1.29, 1.82) is 0 Å². The molecule has 0 unspecified atom stereocenters. The van der Waals surface area contributed by atoms with Gasteiger partial charge >= 0.3 is 0 Å². The van der Waals surface area contributed by atoms with Crippen molar-refractivity contribution in [1.82, 2.24) is 0 Å². The summed E-state index contributed by atoms with van der Waals surface area (Å²) in [5, 5.41) is 0. The minimum Gasteiger partial charge on any atom is -0.490 e. The van der Waals surface area contributed by atoms with E-state index in [-0.39, 0.29) is 8.41 Å². The standard InChI is InChI=1S/C9H10O.B/c1-2-8-10-9-6-4-3-5-7-9;/h2-7H,1,8H2;. The summed E-state index contributed by atoms with van der Waals surface area (Å²) in [4.78, 5) is 0. The Balaban J connectivity index is 0.000001000. The first kappa shape index (κ1) is 9.82. The van der Waals surface area contributed by atoms with Crippen molar-refractivity contribution >= 4 is 8.41 Å². The first-order valence-electron chi connectivity index (χ1n) is 3.22. The van der Waals surface area contributed by atoms with Gasteiger partial charge in [0.15, 0.2) is 0 Å². The largest absolute Gasteiger partial charge is 0.490 e. The zero-order valence-electron chi connectivity index (χ0n) is 6.36. The fourth-order valence-corrected chi connectivity index (χ4v) is 0.672. The molecule has 0 spiro atoms. The van der Waals surface area contributed by atoms with E-state index in [4.69, 9.17) is 4.74 Å². The van der Waals surface area contributed by atoms with Crippen molar-refractivity contribution < 1.29 is 4.74 Å². The topological polar surface area (TPSA) is 9.23 Å². The predicted octanol–water partition coefficient (Wildman–Crippen LogP) is 1.87. The summed E-state index contributed by atoms with van der Waals surface area (Å²) < 4.78 is 5.24. The maximum Gasteiger partial charge on any atom is 0.119 e. The summed E-state index contributed by atoms with van der Waals surface area (Å²) in [5.74, 6) is 0.891. The lowest BCUT2D eigenvalue weighted by Crippen LogP contribution is -1.91. The van der Waals surface area contributed by atoms with E-state index in [2.05, 4.69) is 6.58 Å². The van der Waals surface area contributed by atoms with Crippen molar-refractivity contribution in [2.75, 3.05) is 6.61 Å². The van der Waals surface area contributed by atoms with Gasteiger partial charge in [-0.2, -0.15) is 0 Å². The van der Waals surface area contributed by atoms with Gasteiger partial charge in [0.2, 0.25) is 0 Å². The third-order valence-corrected chi connectivity index (χ3v) is 1.11.